The van der Waals surface area contributed by atoms with Crippen LogP contribution in [0.15, 0.2) is 24.3 Å². The molecule has 4 N–H and O–H groups in total. The predicted octanol–water partition coefficient (Wildman–Crippen LogP) is 1.85. The van der Waals surface area contributed by atoms with Crippen LogP contribution in [0.3, 0.4) is 0 Å². The minimum Gasteiger partial charge on any atom is -0.368 e. The van der Waals surface area contributed by atoms with Gasteiger partial charge in [-0.3, -0.25) is 0 Å². The molecule has 5 nitrogen and oxygen atoms in total. The van der Waals surface area contributed by atoms with Crippen molar-refractivity contribution in [3.05, 3.63) is 41.2 Å². The van der Waals surface area contributed by atoms with E-state index in [-0.39, 0.29) is 23.2 Å². The molecule has 0 radical (unpaired) electrons. The Bertz CT molecular complexity index is 615. The molecule has 5 heteroatoms. The van der Waals surface area contributed by atoms with Gasteiger partial charge in [0.2, 0.25) is 11.9 Å². The maximum absolute atomic E-state index is 5.67. The van der Waals surface area contributed by atoms with Gasteiger partial charge in [-0.05, 0) is 23.0 Å². The molecule has 1 aliphatic rings. The zero-order valence-corrected chi connectivity index (χ0v) is 11.1. The van der Waals surface area contributed by atoms with Gasteiger partial charge < -0.3 is 11.5 Å². The van der Waals surface area contributed by atoms with Gasteiger partial charge in [0.15, 0.2) is 0 Å². The average Bonchev–Trinajstić information content (AvgIpc) is 2.61. The van der Waals surface area contributed by atoms with Crippen LogP contribution >= 0.6 is 0 Å². The molecule has 0 aliphatic heterocycles. The molecule has 2 aromatic rings. The van der Waals surface area contributed by atoms with Crippen LogP contribution in [0.4, 0.5) is 11.9 Å². The Morgan fingerprint density at radius 3 is 2.37 bits per heavy atom. The van der Waals surface area contributed by atoms with Crippen molar-refractivity contribution in [2.24, 2.45) is 0 Å². The SMILES string of the molecule is CC1(C)C[C@H](c2nc(N)nc(N)n2)c2ccccc21. The Kier molecular flexibility index (Phi) is 2.45. The number of anilines is 2. The summed E-state index contributed by atoms with van der Waals surface area (Å²) in [5.74, 6) is 1.18. The third kappa shape index (κ3) is 1.91. The number of benzene rings is 1. The maximum Gasteiger partial charge on any atom is 0.225 e. The number of rotatable bonds is 1. The van der Waals surface area contributed by atoms with E-state index in [1.807, 2.05) is 6.07 Å². The van der Waals surface area contributed by atoms with E-state index in [1.54, 1.807) is 0 Å². The van der Waals surface area contributed by atoms with Crippen LogP contribution < -0.4 is 11.5 Å². The van der Waals surface area contributed by atoms with Crippen molar-refractivity contribution >= 4 is 11.9 Å². The first kappa shape index (κ1) is 11.9. The molecule has 1 aromatic heterocycles. The second kappa shape index (κ2) is 3.91. The summed E-state index contributed by atoms with van der Waals surface area (Å²) < 4.78 is 0. The van der Waals surface area contributed by atoms with E-state index in [0.29, 0.717) is 5.82 Å². The molecule has 1 atom stereocenters. The molecule has 0 fully saturated rings. The fourth-order valence-corrected chi connectivity index (χ4v) is 2.96. The Balaban J connectivity index is 2.13. The van der Waals surface area contributed by atoms with Crippen molar-refractivity contribution in [1.29, 1.82) is 0 Å². The van der Waals surface area contributed by atoms with E-state index in [2.05, 4.69) is 47.0 Å². The topological polar surface area (TPSA) is 90.7 Å². The summed E-state index contributed by atoms with van der Waals surface area (Å²) >= 11 is 0. The fourth-order valence-electron chi connectivity index (χ4n) is 2.96. The summed E-state index contributed by atoms with van der Waals surface area (Å²) in [6, 6.07) is 8.41. The highest BCUT2D eigenvalue weighted by Gasteiger charge is 2.38. The van der Waals surface area contributed by atoms with Crippen LogP contribution in [0.5, 0.6) is 0 Å². The van der Waals surface area contributed by atoms with Gasteiger partial charge in [0.05, 0.1) is 0 Å². The molecule has 98 valence electrons. The molecular formula is C14H17N5. The normalized spacial score (nSPS) is 20.2. The first-order valence-corrected chi connectivity index (χ1v) is 6.34. The number of hydrogen-bond acceptors (Lipinski definition) is 5. The lowest BCUT2D eigenvalue weighted by Crippen LogP contribution is -2.14. The molecule has 1 heterocycles. The summed E-state index contributed by atoms with van der Waals surface area (Å²) in [4.78, 5) is 12.3. The highest BCUT2D eigenvalue weighted by atomic mass is 15.1. The zero-order chi connectivity index (χ0) is 13.6. The van der Waals surface area contributed by atoms with Crippen LogP contribution in [0, 0.1) is 0 Å². The van der Waals surface area contributed by atoms with Gasteiger partial charge in [-0.15, -0.1) is 0 Å². The Morgan fingerprint density at radius 2 is 1.68 bits per heavy atom. The quantitative estimate of drug-likeness (QED) is 0.811. The molecule has 0 bridgehead atoms. The van der Waals surface area contributed by atoms with Crippen molar-refractivity contribution in [3.63, 3.8) is 0 Å². The van der Waals surface area contributed by atoms with Gasteiger partial charge in [0.1, 0.15) is 5.82 Å². The van der Waals surface area contributed by atoms with Gasteiger partial charge in [-0.1, -0.05) is 38.1 Å². The second-order valence-electron chi connectivity index (χ2n) is 5.64. The third-order valence-corrected chi connectivity index (χ3v) is 3.78. The third-order valence-electron chi connectivity index (χ3n) is 3.78. The summed E-state index contributed by atoms with van der Waals surface area (Å²) in [6.45, 7) is 4.47. The predicted molar refractivity (Wildman–Crippen MR) is 74.6 cm³/mol. The molecule has 0 saturated heterocycles. The summed E-state index contributed by atoms with van der Waals surface area (Å²) in [5.41, 5.74) is 14.1. The first-order chi connectivity index (χ1) is 8.97. The highest BCUT2D eigenvalue weighted by molar-refractivity contribution is 5.45. The Hall–Kier alpha value is -2.17. The van der Waals surface area contributed by atoms with Crippen LogP contribution in [-0.2, 0) is 5.41 Å². The average molecular weight is 255 g/mol. The van der Waals surface area contributed by atoms with Gasteiger partial charge in [-0.2, -0.15) is 15.0 Å². The van der Waals surface area contributed by atoms with E-state index < -0.39 is 0 Å². The minimum atomic E-state index is 0.109. The smallest absolute Gasteiger partial charge is 0.225 e. The van der Waals surface area contributed by atoms with Crippen LogP contribution in [0.1, 0.15) is 43.1 Å². The minimum absolute atomic E-state index is 0.109. The standard InChI is InChI=1S/C14H17N5/c1-14(2)7-9(8-5-3-4-6-10(8)14)11-17-12(15)19-13(16)18-11/h3-6,9H,7H2,1-2H3,(H4,15,16,17,18,19)/t9-/m0/s1. The molecule has 0 saturated carbocycles. The van der Waals surface area contributed by atoms with Crippen LogP contribution in [-0.4, -0.2) is 15.0 Å². The number of fused-ring (bicyclic) bond motifs is 1. The van der Waals surface area contributed by atoms with Gasteiger partial charge in [0, 0.05) is 5.92 Å². The van der Waals surface area contributed by atoms with E-state index in [4.69, 9.17) is 11.5 Å². The molecule has 1 aromatic carbocycles. The number of nitrogen functional groups attached to an aromatic ring is 2. The highest BCUT2D eigenvalue weighted by Crippen LogP contribution is 2.47. The lowest BCUT2D eigenvalue weighted by Gasteiger charge is -2.18. The van der Waals surface area contributed by atoms with E-state index in [9.17, 15) is 0 Å². The van der Waals surface area contributed by atoms with Crippen molar-refractivity contribution in [1.82, 2.24) is 15.0 Å². The molecule has 19 heavy (non-hydrogen) atoms. The maximum atomic E-state index is 5.67. The van der Waals surface area contributed by atoms with E-state index in [1.165, 1.54) is 11.1 Å². The molecule has 0 amide bonds. The number of hydrogen-bond donors (Lipinski definition) is 2. The Labute approximate surface area is 112 Å². The largest absolute Gasteiger partial charge is 0.368 e. The molecular weight excluding hydrogens is 238 g/mol. The van der Waals surface area contributed by atoms with Gasteiger partial charge >= 0.3 is 0 Å². The van der Waals surface area contributed by atoms with Crippen LogP contribution in [0.2, 0.25) is 0 Å². The first-order valence-electron chi connectivity index (χ1n) is 6.34. The lowest BCUT2D eigenvalue weighted by atomic mass is 9.86. The Morgan fingerprint density at radius 1 is 1.05 bits per heavy atom. The molecule has 3 rings (SSSR count). The van der Waals surface area contributed by atoms with Crippen molar-refractivity contribution in [2.75, 3.05) is 11.5 Å². The van der Waals surface area contributed by atoms with Crippen LogP contribution in [0.25, 0.3) is 0 Å². The number of nitrogens with two attached hydrogens (primary N) is 2. The van der Waals surface area contributed by atoms with E-state index in [0.717, 1.165) is 6.42 Å². The number of nitrogens with zero attached hydrogens (tertiary/aromatic N) is 3. The van der Waals surface area contributed by atoms with Crippen molar-refractivity contribution in [3.8, 4) is 0 Å². The fraction of sp³-hybridized carbons (Fsp3) is 0.357. The summed E-state index contributed by atoms with van der Waals surface area (Å²) in [6.07, 6.45) is 0.954. The monoisotopic (exact) mass is 255 g/mol. The van der Waals surface area contributed by atoms with Crippen molar-refractivity contribution in [2.45, 2.75) is 31.6 Å². The lowest BCUT2D eigenvalue weighted by molar-refractivity contribution is 0.491. The molecule has 0 spiro atoms. The zero-order valence-electron chi connectivity index (χ0n) is 11.1. The second-order valence-corrected chi connectivity index (χ2v) is 5.64. The molecule has 0 unspecified atom stereocenters. The number of aromatic nitrogens is 3. The summed E-state index contributed by atoms with van der Waals surface area (Å²) in [7, 11) is 0. The van der Waals surface area contributed by atoms with Gasteiger partial charge in [-0.25, -0.2) is 0 Å². The van der Waals surface area contributed by atoms with E-state index >= 15 is 0 Å². The molecule has 1 aliphatic carbocycles. The van der Waals surface area contributed by atoms with Crippen molar-refractivity contribution < 1.29 is 0 Å². The summed E-state index contributed by atoms with van der Waals surface area (Å²) in [5, 5.41) is 0. The van der Waals surface area contributed by atoms with Gasteiger partial charge in [0.25, 0.3) is 0 Å².